The van der Waals surface area contributed by atoms with Gasteiger partial charge in [0.2, 0.25) is 0 Å². The van der Waals surface area contributed by atoms with Gasteiger partial charge in [-0.15, -0.1) is 0 Å². The number of aliphatic hydroxyl groups is 1. The average molecular weight is 308 g/mol. The molecule has 7 nitrogen and oxygen atoms in total. The fourth-order valence-electron chi connectivity index (χ4n) is 2.35. The number of nitro benzene ring substituents is 1. The highest BCUT2D eigenvalue weighted by atomic mass is 16.6. The Morgan fingerprint density at radius 3 is 2.55 bits per heavy atom. The lowest BCUT2D eigenvalue weighted by Gasteiger charge is -2.41. The van der Waals surface area contributed by atoms with Gasteiger partial charge in [0.25, 0.3) is 5.69 Å². The van der Waals surface area contributed by atoms with Gasteiger partial charge in [-0.05, 0) is 26.8 Å². The van der Waals surface area contributed by atoms with Crippen LogP contribution in [0.5, 0.6) is 0 Å². The molecule has 1 N–H and O–H groups in total. The summed E-state index contributed by atoms with van der Waals surface area (Å²) in [5, 5.41) is 21.3. The lowest BCUT2D eigenvalue weighted by molar-refractivity contribution is -0.386. The molecule has 1 saturated heterocycles. The highest BCUT2D eigenvalue weighted by Gasteiger charge is 2.39. The molecular formula is C15H20N2O5. The zero-order chi connectivity index (χ0) is 16.5. The van der Waals surface area contributed by atoms with Crippen molar-refractivity contribution >= 4 is 11.8 Å². The van der Waals surface area contributed by atoms with Crippen molar-refractivity contribution in [2.75, 3.05) is 13.1 Å². The SMILES string of the molecule is CC(C)(C)OC(=O)N1CC(C(O)c2ccccc2[N+](=O)[O-])C1. The maximum absolute atomic E-state index is 11.8. The molecule has 1 fully saturated rings. The molecule has 0 aromatic heterocycles. The van der Waals surface area contributed by atoms with Gasteiger partial charge in [-0.1, -0.05) is 12.1 Å². The van der Waals surface area contributed by atoms with Gasteiger partial charge in [-0.3, -0.25) is 10.1 Å². The van der Waals surface area contributed by atoms with Gasteiger partial charge in [0, 0.05) is 25.1 Å². The topological polar surface area (TPSA) is 92.9 Å². The van der Waals surface area contributed by atoms with Crippen LogP contribution in [-0.4, -0.2) is 39.7 Å². The third-order valence-corrected chi connectivity index (χ3v) is 3.46. The number of benzene rings is 1. The molecule has 0 saturated carbocycles. The molecular weight excluding hydrogens is 288 g/mol. The molecule has 1 atom stereocenters. The van der Waals surface area contributed by atoms with Crippen molar-refractivity contribution in [2.45, 2.75) is 32.5 Å². The summed E-state index contributed by atoms with van der Waals surface area (Å²) in [7, 11) is 0. The minimum atomic E-state index is -0.972. The van der Waals surface area contributed by atoms with E-state index in [2.05, 4.69) is 0 Å². The Bertz CT molecular complexity index is 576. The average Bonchev–Trinajstić information content (AvgIpc) is 2.34. The van der Waals surface area contributed by atoms with E-state index in [9.17, 15) is 20.0 Å². The first-order valence-electron chi connectivity index (χ1n) is 7.08. The first-order chi connectivity index (χ1) is 10.2. The van der Waals surface area contributed by atoms with E-state index in [0.29, 0.717) is 13.1 Å². The van der Waals surface area contributed by atoms with Crippen LogP contribution in [0.3, 0.4) is 0 Å². The Morgan fingerprint density at radius 1 is 1.41 bits per heavy atom. The molecule has 1 aromatic rings. The number of hydrogen-bond acceptors (Lipinski definition) is 5. The predicted octanol–water partition coefficient (Wildman–Crippen LogP) is 2.50. The van der Waals surface area contributed by atoms with Gasteiger partial charge in [0.1, 0.15) is 5.60 Å². The maximum atomic E-state index is 11.8. The quantitative estimate of drug-likeness (QED) is 0.684. The van der Waals surface area contributed by atoms with Crippen molar-refractivity contribution in [2.24, 2.45) is 5.92 Å². The van der Waals surface area contributed by atoms with Crippen LogP contribution in [-0.2, 0) is 4.74 Å². The molecule has 0 spiro atoms. The van der Waals surface area contributed by atoms with Crippen LogP contribution in [0, 0.1) is 16.0 Å². The Labute approximate surface area is 128 Å². The Kier molecular flexibility index (Phi) is 4.37. The first kappa shape index (κ1) is 16.2. The summed E-state index contributed by atoms with van der Waals surface area (Å²) in [6, 6.07) is 6.11. The van der Waals surface area contributed by atoms with Crippen LogP contribution in [0.1, 0.15) is 32.4 Å². The first-order valence-corrected chi connectivity index (χ1v) is 7.08. The van der Waals surface area contributed by atoms with Crippen LogP contribution in [0.15, 0.2) is 24.3 Å². The number of amides is 1. The van der Waals surface area contributed by atoms with Crippen LogP contribution in [0.2, 0.25) is 0 Å². The lowest BCUT2D eigenvalue weighted by Crippen LogP contribution is -2.53. The van der Waals surface area contributed by atoms with Gasteiger partial charge < -0.3 is 14.7 Å². The van der Waals surface area contributed by atoms with Crippen molar-refractivity contribution in [1.29, 1.82) is 0 Å². The summed E-state index contributed by atoms with van der Waals surface area (Å²) < 4.78 is 5.23. The van der Waals surface area contributed by atoms with E-state index in [-0.39, 0.29) is 17.2 Å². The molecule has 7 heteroatoms. The molecule has 1 unspecified atom stereocenters. The number of carbonyl (C=O) groups excluding carboxylic acids is 1. The van der Waals surface area contributed by atoms with Crippen molar-refractivity contribution < 1.29 is 19.6 Å². The van der Waals surface area contributed by atoms with Crippen LogP contribution < -0.4 is 0 Å². The van der Waals surface area contributed by atoms with Crippen LogP contribution >= 0.6 is 0 Å². The van der Waals surface area contributed by atoms with Crippen molar-refractivity contribution in [3.8, 4) is 0 Å². The largest absolute Gasteiger partial charge is 0.444 e. The van der Waals surface area contributed by atoms with Crippen molar-refractivity contribution in [3.63, 3.8) is 0 Å². The summed E-state index contributed by atoms with van der Waals surface area (Å²) in [6.07, 6.45) is -1.40. The number of rotatable bonds is 3. The maximum Gasteiger partial charge on any atom is 0.410 e. The second-order valence-electron chi connectivity index (χ2n) is 6.41. The number of likely N-dealkylation sites (tertiary alicyclic amines) is 1. The minimum Gasteiger partial charge on any atom is -0.444 e. The summed E-state index contributed by atoms with van der Waals surface area (Å²) in [5.74, 6) is -0.228. The van der Waals surface area contributed by atoms with E-state index in [1.54, 1.807) is 39.0 Å². The highest BCUT2D eigenvalue weighted by molar-refractivity contribution is 5.69. The Hall–Kier alpha value is -2.15. The number of nitro groups is 1. The standard InChI is InChI=1S/C15H20N2O5/c1-15(2,3)22-14(19)16-8-10(9-16)13(18)11-6-4-5-7-12(11)17(20)21/h4-7,10,13,18H,8-9H2,1-3H3. The molecule has 0 bridgehead atoms. The van der Waals surface area contributed by atoms with E-state index < -0.39 is 22.7 Å². The van der Waals surface area contributed by atoms with Gasteiger partial charge in [0.15, 0.2) is 0 Å². The van der Waals surface area contributed by atoms with Gasteiger partial charge >= 0.3 is 6.09 Å². The molecule has 1 amide bonds. The number of nitrogens with zero attached hydrogens (tertiary/aromatic N) is 2. The molecule has 22 heavy (non-hydrogen) atoms. The predicted molar refractivity (Wildman–Crippen MR) is 79.4 cm³/mol. The number of carbonyl (C=O) groups is 1. The summed E-state index contributed by atoms with van der Waals surface area (Å²) >= 11 is 0. The zero-order valence-corrected chi connectivity index (χ0v) is 12.9. The summed E-state index contributed by atoms with van der Waals surface area (Å²) in [5.41, 5.74) is -0.397. The Balaban J connectivity index is 1.99. The summed E-state index contributed by atoms with van der Waals surface area (Å²) in [6.45, 7) is 5.99. The van der Waals surface area contributed by atoms with E-state index >= 15 is 0 Å². The van der Waals surface area contributed by atoms with Crippen molar-refractivity contribution in [3.05, 3.63) is 39.9 Å². The number of hydrogen-bond donors (Lipinski definition) is 1. The number of ether oxygens (including phenoxy) is 1. The smallest absolute Gasteiger partial charge is 0.410 e. The molecule has 120 valence electrons. The van der Waals surface area contributed by atoms with Crippen LogP contribution in [0.4, 0.5) is 10.5 Å². The van der Waals surface area contributed by atoms with Crippen LogP contribution in [0.25, 0.3) is 0 Å². The lowest BCUT2D eigenvalue weighted by atomic mass is 9.88. The fourth-order valence-corrected chi connectivity index (χ4v) is 2.35. The zero-order valence-electron chi connectivity index (χ0n) is 12.9. The number of para-hydroxylation sites is 1. The van der Waals surface area contributed by atoms with Crippen molar-refractivity contribution in [1.82, 2.24) is 4.90 Å². The second kappa shape index (κ2) is 5.92. The minimum absolute atomic E-state index is 0.106. The van der Waals surface area contributed by atoms with Gasteiger partial charge in [-0.2, -0.15) is 0 Å². The molecule has 2 rings (SSSR count). The fraction of sp³-hybridized carbons (Fsp3) is 0.533. The third kappa shape index (κ3) is 3.54. The summed E-state index contributed by atoms with van der Waals surface area (Å²) in [4.78, 5) is 23.8. The second-order valence-corrected chi connectivity index (χ2v) is 6.41. The highest BCUT2D eigenvalue weighted by Crippen LogP contribution is 2.35. The normalized spacial score (nSPS) is 16.8. The molecule has 1 heterocycles. The van der Waals surface area contributed by atoms with Gasteiger partial charge in [-0.25, -0.2) is 4.79 Å². The monoisotopic (exact) mass is 308 g/mol. The molecule has 1 aliphatic heterocycles. The molecule has 1 aromatic carbocycles. The van der Waals surface area contributed by atoms with E-state index in [1.807, 2.05) is 0 Å². The Morgan fingerprint density at radius 2 is 2.00 bits per heavy atom. The molecule has 1 aliphatic rings. The molecule has 0 radical (unpaired) electrons. The third-order valence-electron chi connectivity index (χ3n) is 3.46. The van der Waals surface area contributed by atoms with E-state index in [4.69, 9.17) is 4.74 Å². The van der Waals surface area contributed by atoms with E-state index in [1.165, 1.54) is 11.0 Å². The van der Waals surface area contributed by atoms with E-state index in [0.717, 1.165) is 0 Å². The van der Waals surface area contributed by atoms with Gasteiger partial charge in [0.05, 0.1) is 16.6 Å². The molecule has 0 aliphatic carbocycles. The number of aliphatic hydroxyl groups excluding tert-OH is 1.